The highest BCUT2D eigenvalue weighted by Gasteiger charge is 2.27. The van der Waals surface area contributed by atoms with Crippen LogP contribution < -0.4 is 0 Å². The van der Waals surface area contributed by atoms with Gasteiger partial charge in [0.25, 0.3) is 0 Å². The van der Waals surface area contributed by atoms with Crippen LogP contribution in [-0.2, 0) is 32.7 Å². The highest BCUT2D eigenvalue weighted by molar-refractivity contribution is 7.47. The number of quaternary nitrogens is 1. The van der Waals surface area contributed by atoms with E-state index >= 15 is 0 Å². The van der Waals surface area contributed by atoms with Crippen molar-refractivity contribution in [3.8, 4) is 0 Å². The van der Waals surface area contributed by atoms with Crippen molar-refractivity contribution in [1.29, 1.82) is 0 Å². The molecule has 0 aromatic rings. The molecule has 2 atom stereocenters. The summed E-state index contributed by atoms with van der Waals surface area (Å²) in [6.07, 6.45) is 53.0. The summed E-state index contributed by atoms with van der Waals surface area (Å²) in [5, 5.41) is 0. The van der Waals surface area contributed by atoms with E-state index in [-0.39, 0.29) is 25.6 Å². The predicted molar refractivity (Wildman–Crippen MR) is 275 cm³/mol. The number of rotatable bonds is 53. The molecule has 0 aliphatic rings. The average Bonchev–Trinajstić information content (AvgIpc) is 3.26. The van der Waals surface area contributed by atoms with Crippen LogP contribution in [0.4, 0.5) is 0 Å². The van der Waals surface area contributed by atoms with Gasteiger partial charge in [-0.1, -0.05) is 264 Å². The van der Waals surface area contributed by atoms with E-state index in [4.69, 9.17) is 18.5 Å². The van der Waals surface area contributed by atoms with Crippen LogP contribution in [0.1, 0.15) is 290 Å². The molecule has 0 radical (unpaired) electrons. The Morgan fingerprint density at radius 3 is 0.985 bits per heavy atom. The first-order valence-electron chi connectivity index (χ1n) is 28.3. The Balaban J connectivity index is 4.13. The lowest BCUT2D eigenvalue weighted by Crippen LogP contribution is -2.37. The summed E-state index contributed by atoms with van der Waals surface area (Å²) in [5.41, 5.74) is 0. The van der Waals surface area contributed by atoms with E-state index < -0.39 is 26.5 Å². The molecule has 1 N–H and O–H groups in total. The van der Waals surface area contributed by atoms with E-state index in [2.05, 4.69) is 13.8 Å². The minimum absolute atomic E-state index is 0.0374. The lowest BCUT2D eigenvalue weighted by Gasteiger charge is -2.24. The van der Waals surface area contributed by atoms with Crippen LogP contribution in [0.25, 0.3) is 0 Å². The van der Waals surface area contributed by atoms with E-state index in [9.17, 15) is 19.0 Å². The normalized spacial score (nSPS) is 13.3. The molecule has 0 saturated carbocycles. The molecule has 65 heavy (non-hydrogen) atoms. The number of nitrogens with zero attached hydrogens (tertiary/aromatic N) is 1. The number of phosphoric ester groups is 1. The molecule has 0 bridgehead atoms. The van der Waals surface area contributed by atoms with E-state index in [0.29, 0.717) is 17.4 Å². The molecule has 10 heteroatoms. The maximum atomic E-state index is 12.8. The number of hydrogen-bond acceptors (Lipinski definition) is 7. The number of carbonyl (C=O) groups is 2. The number of likely N-dealkylation sites (N-methyl/N-ethyl adjacent to an activating group) is 1. The van der Waals surface area contributed by atoms with Gasteiger partial charge in [-0.15, -0.1) is 0 Å². The summed E-state index contributed by atoms with van der Waals surface area (Å²) in [6, 6.07) is 0. The van der Waals surface area contributed by atoms with Crippen molar-refractivity contribution in [2.45, 2.75) is 296 Å². The highest BCUT2D eigenvalue weighted by atomic mass is 31.2. The molecule has 388 valence electrons. The zero-order valence-corrected chi connectivity index (χ0v) is 44.9. The van der Waals surface area contributed by atoms with Gasteiger partial charge in [-0.3, -0.25) is 18.6 Å². The van der Waals surface area contributed by atoms with Gasteiger partial charge >= 0.3 is 19.8 Å². The van der Waals surface area contributed by atoms with Crippen LogP contribution in [0.3, 0.4) is 0 Å². The van der Waals surface area contributed by atoms with Gasteiger partial charge in [0.2, 0.25) is 0 Å². The van der Waals surface area contributed by atoms with Crippen LogP contribution in [0.5, 0.6) is 0 Å². The first-order chi connectivity index (χ1) is 31.5. The fourth-order valence-electron chi connectivity index (χ4n) is 8.49. The minimum Gasteiger partial charge on any atom is -0.462 e. The summed E-state index contributed by atoms with van der Waals surface area (Å²) in [7, 11) is 1.50. The predicted octanol–water partition coefficient (Wildman–Crippen LogP) is 17.1. The molecule has 0 saturated heterocycles. The first-order valence-corrected chi connectivity index (χ1v) is 29.8. The second kappa shape index (κ2) is 48.1. The molecule has 1 unspecified atom stereocenters. The second-order valence-corrected chi connectivity index (χ2v) is 22.1. The minimum atomic E-state index is -4.38. The molecule has 0 amide bonds. The van der Waals surface area contributed by atoms with Crippen molar-refractivity contribution in [1.82, 2.24) is 0 Å². The summed E-state index contributed by atoms with van der Waals surface area (Å²) >= 11 is 0. The van der Waals surface area contributed by atoms with Crippen molar-refractivity contribution < 1.29 is 42.1 Å². The van der Waals surface area contributed by atoms with E-state index in [0.717, 1.165) is 38.5 Å². The second-order valence-electron chi connectivity index (χ2n) is 20.7. The summed E-state index contributed by atoms with van der Waals surface area (Å²) < 4.78 is 34.6. The number of hydrogen-bond donors (Lipinski definition) is 1. The Kier molecular flexibility index (Phi) is 47.3. The van der Waals surface area contributed by atoms with Gasteiger partial charge in [-0.25, -0.2) is 4.57 Å². The molecule has 0 aromatic heterocycles. The maximum absolute atomic E-state index is 12.8. The van der Waals surface area contributed by atoms with Crippen LogP contribution in [-0.4, -0.2) is 74.9 Å². The van der Waals surface area contributed by atoms with Crippen LogP contribution in [0.15, 0.2) is 0 Å². The zero-order valence-electron chi connectivity index (χ0n) is 44.0. The third-order valence-corrected chi connectivity index (χ3v) is 13.9. The zero-order chi connectivity index (χ0) is 47.8. The number of phosphoric acid groups is 1. The van der Waals surface area contributed by atoms with Crippen LogP contribution in [0.2, 0.25) is 0 Å². The Morgan fingerprint density at radius 2 is 0.692 bits per heavy atom. The quantitative estimate of drug-likeness (QED) is 0.0278. The molecule has 0 rings (SSSR count). The molecule has 9 nitrogen and oxygen atoms in total. The summed E-state index contributed by atoms with van der Waals surface area (Å²) in [6.45, 7) is 4.51. The van der Waals surface area contributed by atoms with Gasteiger partial charge in [0.15, 0.2) is 6.10 Å². The third kappa shape index (κ3) is 52.2. The lowest BCUT2D eigenvalue weighted by atomic mass is 10.0. The van der Waals surface area contributed by atoms with Gasteiger partial charge in [0.1, 0.15) is 19.8 Å². The standard InChI is InChI=1S/C55H110NO8P/c1-6-8-10-12-14-16-18-20-22-24-26-28-30-31-33-35-37-39-41-43-45-47-54(57)61-51-53(52-63-65(59,60)62-50-49-56(3,4)5)64-55(58)48-46-44-42-40-38-36-34-32-29-27-25-23-21-19-17-15-13-11-9-7-2/h53H,6-52H2,1-5H3/p+1/t53-/m1/s1. The summed E-state index contributed by atoms with van der Waals surface area (Å²) in [5.74, 6) is -0.774. The topological polar surface area (TPSA) is 108 Å². The highest BCUT2D eigenvalue weighted by Crippen LogP contribution is 2.43. The van der Waals surface area contributed by atoms with Crippen LogP contribution >= 0.6 is 7.82 Å². The van der Waals surface area contributed by atoms with E-state index in [1.165, 1.54) is 225 Å². The summed E-state index contributed by atoms with van der Waals surface area (Å²) in [4.78, 5) is 35.6. The van der Waals surface area contributed by atoms with Gasteiger partial charge in [0, 0.05) is 12.8 Å². The molecule has 0 aliphatic carbocycles. The Bertz CT molecular complexity index is 1070. The molecule has 0 heterocycles. The number of unbranched alkanes of at least 4 members (excludes halogenated alkanes) is 39. The number of carbonyl (C=O) groups excluding carboxylic acids is 2. The van der Waals surface area contributed by atoms with Crippen molar-refractivity contribution in [2.75, 3.05) is 47.5 Å². The fraction of sp³-hybridized carbons (Fsp3) is 0.964. The smallest absolute Gasteiger partial charge is 0.462 e. The number of esters is 2. The molecule has 0 fully saturated rings. The van der Waals surface area contributed by atoms with Crippen LogP contribution in [0, 0.1) is 0 Å². The largest absolute Gasteiger partial charge is 0.472 e. The van der Waals surface area contributed by atoms with Gasteiger partial charge in [-0.2, -0.15) is 0 Å². The third-order valence-electron chi connectivity index (χ3n) is 12.9. The first kappa shape index (κ1) is 64.0. The van der Waals surface area contributed by atoms with Crippen molar-refractivity contribution >= 4 is 19.8 Å². The molecule has 0 aliphatic heterocycles. The number of ether oxygens (including phenoxy) is 2. The monoisotopic (exact) mass is 945 g/mol. The van der Waals surface area contributed by atoms with Crippen molar-refractivity contribution in [3.63, 3.8) is 0 Å². The SMILES string of the molecule is CCCCCCCCCCCCCCCCCCCCCCCC(=O)OC[C@H](COP(=O)(O)OCC[N+](C)(C)C)OC(=O)CCCCCCCCCCCCCCCCCCCCCC. The average molecular weight is 945 g/mol. The maximum Gasteiger partial charge on any atom is 0.472 e. The Hall–Kier alpha value is -0.990. The van der Waals surface area contributed by atoms with Gasteiger partial charge in [-0.05, 0) is 12.8 Å². The Labute approximate surface area is 404 Å². The van der Waals surface area contributed by atoms with Crippen molar-refractivity contribution in [3.05, 3.63) is 0 Å². The lowest BCUT2D eigenvalue weighted by molar-refractivity contribution is -0.870. The Morgan fingerprint density at radius 1 is 0.415 bits per heavy atom. The molecule has 0 spiro atoms. The van der Waals surface area contributed by atoms with Gasteiger partial charge in [0.05, 0.1) is 27.7 Å². The molecular formula is C55H111NO8P+. The van der Waals surface area contributed by atoms with Crippen molar-refractivity contribution in [2.24, 2.45) is 0 Å². The van der Waals surface area contributed by atoms with E-state index in [1.807, 2.05) is 21.1 Å². The van der Waals surface area contributed by atoms with E-state index in [1.54, 1.807) is 0 Å². The molecular weight excluding hydrogens is 834 g/mol. The van der Waals surface area contributed by atoms with Gasteiger partial charge < -0.3 is 18.9 Å². The fourth-order valence-corrected chi connectivity index (χ4v) is 9.23. The molecule has 0 aromatic carbocycles.